The molecule has 3 heteroatoms. The van der Waals surface area contributed by atoms with Crippen LogP contribution < -0.4 is 5.32 Å². The van der Waals surface area contributed by atoms with E-state index in [0.717, 1.165) is 45.3 Å². The highest BCUT2D eigenvalue weighted by Gasteiger charge is 2.25. The van der Waals surface area contributed by atoms with Crippen molar-refractivity contribution in [1.82, 2.24) is 10.2 Å². The zero-order valence-electron chi connectivity index (χ0n) is 16.7. The highest BCUT2D eigenvalue weighted by Crippen LogP contribution is 2.20. The van der Waals surface area contributed by atoms with Crippen LogP contribution in [0.4, 0.5) is 0 Å². The maximum absolute atomic E-state index is 12.6. The molecule has 1 N–H and O–H groups in total. The van der Waals surface area contributed by atoms with Crippen LogP contribution in [0.5, 0.6) is 0 Å². The number of likely N-dealkylation sites (tertiary alicyclic amines) is 1. The van der Waals surface area contributed by atoms with Gasteiger partial charge in [0, 0.05) is 18.5 Å². The lowest BCUT2D eigenvalue weighted by Crippen LogP contribution is -2.43. The normalized spacial score (nSPS) is 16.8. The van der Waals surface area contributed by atoms with Crippen LogP contribution in [-0.2, 0) is 17.8 Å². The molecule has 0 unspecified atom stereocenters. The molecular weight excluding hydrogens is 332 g/mol. The van der Waals surface area contributed by atoms with Gasteiger partial charge in [-0.15, -0.1) is 0 Å². The van der Waals surface area contributed by atoms with Crippen molar-refractivity contribution in [3.8, 4) is 0 Å². The van der Waals surface area contributed by atoms with Crippen LogP contribution in [0.1, 0.15) is 42.9 Å². The van der Waals surface area contributed by atoms with Gasteiger partial charge < -0.3 is 5.32 Å². The van der Waals surface area contributed by atoms with Gasteiger partial charge in [0.05, 0.1) is 0 Å². The fraction of sp³-hybridized carbons (Fsp3) is 0.458. The molecule has 0 bridgehead atoms. The summed E-state index contributed by atoms with van der Waals surface area (Å²) < 4.78 is 0. The van der Waals surface area contributed by atoms with Crippen LogP contribution in [0.25, 0.3) is 0 Å². The first kappa shape index (κ1) is 19.6. The Hall–Kier alpha value is -2.13. The molecule has 3 rings (SSSR count). The van der Waals surface area contributed by atoms with Crippen LogP contribution in [0.2, 0.25) is 0 Å². The molecular formula is C24H32N2O. The van der Waals surface area contributed by atoms with Gasteiger partial charge in [0.15, 0.2) is 0 Å². The number of rotatable bonds is 7. The average molecular weight is 365 g/mol. The molecule has 3 nitrogen and oxygen atoms in total. The van der Waals surface area contributed by atoms with Crippen molar-refractivity contribution < 1.29 is 4.79 Å². The summed E-state index contributed by atoms with van der Waals surface area (Å²) in [6, 6.07) is 19.4. The van der Waals surface area contributed by atoms with Crippen molar-refractivity contribution in [1.29, 1.82) is 0 Å². The number of benzene rings is 2. The summed E-state index contributed by atoms with van der Waals surface area (Å²) >= 11 is 0. The third-order valence-electron chi connectivity index (χ3n) is 5.54. The standard InChI is InChI=1S/C24H32N2O/c1-19-7-6-10-22(17-19)18-26-15-13-23(14-16-26)24(27)25-20(2)11-12-21-8-4-3-5-9-21/h3-10,17,20,23H,11-16,18H2,1-2H3,(H,25,27)/t20-/m1/s1. The van der Waals surface area contributed by atoms with E-state index in [1.165, 1.54) is 16.7 Å². The molecule has 1 heterocycles. The van der Waals surface area contributed by atoms with Crippen molar-refractivity contribution in [3.05, 3.63) is 71.3 Å². The monoisotopic (exact) mass is 364 g/mol. The van der Waals surface area contributed by atoms with Crippen molar-refractivity contribution >= 4 is 5.91 Å². The summed E-state index contributed by atoms with van der Waals surface area (Å²) in [4.78, 5) is 15.1. The molecule has 0 radical (unpaired) electrons. The molecule has 1 amide bonds. The topological polar surface area (TPSA) is 32.3 Å². The third kappa shape index (κ3) is 6.21. The third-order valence-corrected chi connectivity index (χ3v) is 5.54. The number of hydrogen-bond acceptors (Lipinski definition) is 2. The summed E-state index contributed by atoms with van der Waals surface area (Å²) in [5, 5.41) is 3.23. The second kappa shape index (κ2) is 9.70. The number of nitrogens with zero attached hydrogens (tertiary/aromatic N) is 1. The number of hydrogen-bond donors (Lipinski definition) is 1. The molecule has 1 aliphatic heterocycles. The second-order valence-corrected chi connectivity index (χ2v) is 7.97. The van der Waals surface area contributed by atoms with Crippen LogP contribution in [0.3, 0.4) is 0 Å². The Balaban J connectivity index is 1.39. The predicted molar refractivity (Wildman–Crippen MR) is 112 cm³/mol. The molecule has 1 atom stereocenters. The fourth-order valence-electron chi connectivity index (χ4n) is 3.88. The summed E-state index contributed by atoms with van der Waals surface area (Å²) in [7, 11) is 0. The summed E-state index contributed by atoms with van der Waals surface area (Å²) in [6.07, 6.45) is 3.92. The van der Waals surface area contributed by atoms with Crippen LogP contribution in [-0.4, -0.2) is 29.9 Å². The lowest BCUT2D eigenvalue weighted by Gasteiger charge is -2.32. The number of aryl methyl sites for hydroxylation is 2. The van der Waals surface area contributed by atoms with Crippen molar-refractivity contribution in [2.75, 3.05) is 13.1 Å². The Morgan fingerprint density at radius 2 is 1.78 bits per heavy atom. The van der Waals surface area contributed by atoms with Crippen molar-refractivity contribution in [3.63, 3.8) is 0 Å². The molecule has 144 valence electrons. The molecule has 1 saturated heterocycles. The summed E-state index contributed by atoms with van der Waals surface area (Å²) in [6.45, 7) is 7.26. The van der Waals surface area contributed by atoms with Crippen LogP contribution >= 0.6 is 0 Å². The SMILES string of the molecule is Cc1cccc(CN2CCC(C(=O)N[C@H](C)CCc3ccccc3)CC2)c1. The van der Waals surface area contributed by atoms with E-state index in [-0.39, 0.29) is 17.9 Å². The average Bonchev–Trinajstić information content (AvgIpc) is 2.68. The molecule has 0 saturated carbocycles. The molecule has 0 aromatic heterocycles. The van der Waals surface area contributed by atoms with E-state index in [1.54, 1.807) is 0 Å². The Morgan fingerprint density at radius 3 is 2.48 bits per heavy atom. The zero-order chi connectivity index (χ0) is 19.1. The first-order chi connectivity index (χ1) is 13.1. The minimum atomic E-state index is 0.165. The minimum Gasteiger partial charge on any atom is -0.353 e. The van der Waals surface area contributed by atoms with E-state index >= 15 is 0 Å². The Bertz CT molecular complexity index is 720. The molecule has 27 heavy (non-hydrogen) atoms. The largest absolute Gasteiger partial charge is 0.353 e. The molecule has 2 aromatic rings. The van der Waals surface area contributed by atoms with Crippen molar-refractivity contribution in [2.24, 2.45) is 5.92 Å². The van der Waals surface area contributed by atoms with Gasteiger partial charge >= 0.3 is 0 Å². The van der Waals surface area contributed by atoms with Crippen LogP contribution in [0.15, 0.2) is 54.6 Å². The minimum absolute atomic E-state index is 0.165. The van der Waals surface area contributed by atoms with E-state index < -0.39 is 0 Å². The lowest BCUT2D eigenvalue weighted by atomic mass is 9.95. The summed E-state index contributed by atoms with van der Waals surface area (Å²) in [5.41, 5.74) is 4.02. The van der Waals surface area contributed by atoms with Gasteiger partial charge in [0.25, 0.3) is 0 Å². The van der Waals surface area contributed by atoms with E-state index in [2.05, 4.69) is 72.6 Å². The zero-order valence-corrected chi connectivity index (χ0v) is 16.7. The van der Waals surface area contributed by atoms with Gasteiger partial charge in [-0.3, -0.25) is 9.69 Å². The Morgan fingerprint density at radius 1 is 1.07 bits per heavy atom. The van der Waals surface area contributed by atoms with Crippen LogP contribution in [0, 0.1) is 12.8 Å². The Labute approximate surface area is 163 Å². The van der Waals surface area contributed by atoms with Gasteiger partial charge in [0.1, 0.15) is 0 Å². The summed E-state index contributed by atoms with van der Waals surface area (Å²) in [5.74, 6) is 0.406. The van der Waals surface area contributed by atoms with E-state index in [4.69, 9.17) is 0 Å². The van der Waals surface area contributed by atoms with Gasteiger partial charge in [-0.05, 0) is 63.7 Å². The quantitative estimate of drug-likeness (QED) is 0.792. The fourth-order valence-corrected chi connectivity index (χ4v) is 3.88. The first-order valence-electron chi connectivity index (χ1n) is 10.2. The first-order valence-corrected chi connectivity index (χ1v) is 10.2. The molecule has 2 aromatic carbocycles. The van der Waals surface area contributed by atoms with E-state index in [9.17, 15) is 4.79 Å². The number of nitrogens with one attached hydrogen (secondary N) is 1. The number of carbonyl (C=O) groups excluding carboxylic acids is 1. The molecule has 1 aliphatic rings. The van der Waals surface area contributed by atoms with Crippen molar-refractivity contribution in [2.45, 2.75) is 52.1 Å². The number of carbonyl (C=O) groups is 1. The maximum Gasteiger partial charge on any atom is 0.223 e. The lowest BCUT2D eigenvalue weighted by molar-refractivity contribution is -0.127. The van der Waals surface area contributed by atoms with Gasteiger partial charge in [-0.1, -0.05) is 60.2 Å². The number of amides is 1. The molecule has 0 spiro atoms. The van der Waals surface area contributed by atoms with Gasteiger partial charge in [0.2, 0.25) is 5.91 Å². The number of piperidine rings is 1. The smallest absolute Gasteiger partial charge is 0.223 e. The van der Waals surface area contributed by atoms with Gasteiger partial charge in [-0.2, -0.15) is 0 Å². The highest BCUT2D eigenvalue weighted by atomic mass is 16.1. The molecule has 1 fully saturated rings. The van der Waals surface area contributed by atoms with E-state index in [1.807, 2.05) is 6.07 Å². The predicted octanol–water partition coefficient (Wildman–Crippen LogP) is 4.34. The maximum atomic E-state index is 12.6. The molecule has 0 aliphatic carbocycles. The second-order valence-electron chi connectivity index (χ2n) is 7.97. The van der Waals surface area contributed by atoms with E-state index in [0.29, 0.717) is 0 Å². The van der Waals surface area contributed by atoms with Gasteiger partial charge in [-0.25, -0.2) is 0 Å². The Kier molecular flexibility index (Phi) is 7.05. The highest BCUT2D eigenvalue weighted by molar-refractivity contribution is 5.79.